The number of nitrogens with zero attached hydrogens (tertiary/aromatic N) is 2. The molecule has 1 aliphatic carbocycles. The quantitative estimate of drug-likeness (QED) is 0.527. The van der Waals surface area contributed by atoms with Gasteiger partial charge in [0, 0.05) is 6.54 Å². The Hall–Kier alpha value is -2.41. The number of benzene rings is 1. The fourth-order valence-corrected chi connectivity index (χ4v) is 3.46. The summed E-state index contributed by atoms with van der Waals surface area (Å²) < 4.78 is 12.9. The highest BCUT2D eigenvalue weighted by molar-refractivity contribution is 7.99. The first kappa shape index (κ1) is 19.4. The lowest BCUT2D eigenvalue weighted by atomic mass is 9.97. The first-order valence-corrected chi connectivity index (χ1v) is 10.1. The highest BCUT2D eigenvalue weighted by Crippen LogP contribution is 2.19. The van der Waals surface area contributed by atoms with Crippen LogP contribution in [-0.4, -0.2) is 33.4 Å². The van der Waals surface area contributed by atoms with Crippen molar-refractivity contribution in [1.82, 2.24) is 20.5 Å². The number of rotatable bonds is 8. The molecule has 1 aromatic heterocycles. The highest BCUT2D eigenvalue weighted by atomic mass is 32.2. The minimum atomic E-state index is -0.265. The van der Waals surface area contributed by atoms with Crippen LogP contribution in [-0.2, 0) is 4.79 Å². The lowest BCUT2D eigenvalue weighted by Crippen LogP contribution is -2.26. The summed E-state index contributed by atoms with van der Waals surface area (Å²) in [6, 6.07) is 6.19. The molecule has 0 aliphatic heterocycles. The molecule has 0 atom stereocenters. The molecular weight excluding hydrogens is 363 g/mol. The molecule has 2 N–H and O–H groups in total. The van der Waals surface area contributed by atoms with Crippen molar-refractivity contribution < 1.29 is 9.18 Å². The van der Waals surface area contributed by atoms with E-state index in [1.54, 1.807) is 18.2 Å². The molecule has 0 bridgehead atoms. The Morgan fingerprint density at radius 1 is 1.26 bits per heavy atom. The van der Waals surface area contributed by atoms with E-state index in [-0.39, 0.29) is 17.5 Å². The van der Waals surface area contributed by atoms with Crippen LogP contribution in [0.3, 0.4) is 0 Å². The zero-order valence-corrected chi connectivity index (χ0v) is 15.9. The molecule has 5 nitrogen and oxygen atoms in total. The Balaban J connectivity index is 1.39. The van der Waals surface area contributed by atoms with Crippen molar-refractivity contribution in [2.45, 2.75) is 37.3 Å². The first-order chi connectivity index (χ1) is 13.2. The molecule has 0 unspecified atom stereocenters. The topological polar surface area (TPSA) is 70.7 Å². The summed E-state index contributed by atoms with van der Waals surface area (Å²) >= 11 is 1.30. The summed E-state index contributed by atoms with van der Waals surface area (Å²) in [5.74, 6) is 0.605. The minimum Gasteiger partial charge on any atom is -0.355 e. The van der Waals surface area contributed by atoms with Crippen molar-refractivity contribution in [2.75, 3.05) is 12.3 Å². The van der Waals surface area contributed by atoms with Gasteiger partial charge in [0.25, 0.3) is 0 Å². The number of halogens is 1. The van der Waals surface area contributed by atoms with Crippen molar-refractivity contribution in [3.05, 3.63) is 53.1 Å². The van der Waals surface area contributed by atoms with Crippen molar-refractivity contribution >= 4 is 29.8 Å². The highest BCUT2D eigenvalue weighted by Gasteiger charge is 2.08. The van der Waals surface area contributed by atoms with Crippen LogP contribution >= 0.6 is 11.8 Å². The fraction of sp³-hybridized carbons (Fsp3) is 0.350. The number of hydrogen-bond donors (Lipinski definition) is 2. The Morgan fingerprint density at radius 3 is 2.89 bits per heavy atom. The van der Waals surface area contributed by atoms with Crippen molar-refractivity contribution in [2.24, 2.45) is 0 Å². The number of carbonyl (C=O) groups excluding carboxylic acids is 1. The second kappa shape index (κ2) is 10.1. The number of nitrogens with one attached hydrogen (secondary N) is 2. The molecule has 0 saturated carbocycles. The van der Waals surface area contributed by atoms with Gasteiger partial charge in [0.1, 0.15) is 11.6 Å². The maximum Gasteiger partial charge on any atom is 0.230 e. The van der Waals surface area contributed by atoms with E-state index in [9.17, 15) is 9.18 Å². The van der Waals surface area contributed by atoms with Crippen LogP contribution in [0, 0.1) is 5.82 Å². The third-order valence-corrected chi connectivity index (χ3v) is 5.12. The van der Waals surface area contributed by atoms with Gasteiger partial charge in [-0.2, -0.15) is 0 Å². The number of aromatic nitrogens is 3. The van der Waals surface area contributed by atoms with E-state index in [1.807, 2.05) is 6.08 Å². The Morgan fingerprint density at radius 2 is 2.11 bits per heavy atom. The molecule has 3 rings (SSSR count). The molecular formula is C20H23FN4OS. The largest absolute Gasteiger partial charge is 0.355 e. The van der Waals surface area contributed by atoms with Crippen LogP contribution in [0.4, 0.5) is 4.39 Å². The van der Waals surface area contributed by atoms with Gasteiger partial charge >= 0.3 is 0 Å². The molecule has 1 amide bonds. The molecule has 2 aromatic rings. The van der Waals surface area contributed by atoms with Crippen molar-refractivity contribution in [3.63, 3.8) is 0 Å². The molecule has 1 heterocycles. The number of aromatic amines is 1. The number of H-pyrrole nitrogens is 1. The number of thioether (sulfide) groups is 1. The summed E-state index contributed by atoms with van der Waals surface area (Å²) in [5.41, 5.74) is 2.33. The van der Waals surface area contributed by atoms with E-state index in [0.717, 1.165) is 18.4 Å². The van der Waals surface area contributed by atoms with Crippen LogP contribution in [0.25, 0.3) is 12.2 Å². The van der Waals surface area contributed by atoms with Gasteiger partial charge in [0.2, 0.25) is 11.1 Å². The van der Waals surface area contributed by atoms with Crippen molar-refractivity contribution in [3.8, 4) is 0 Å². The number of carbonyl (C=O) groups is 1. The van der Waals surface area contributed by atoms with Gasteiger partial charge in [-0.25, -0.2) is 9.37 Å². The summed E-state index contributed by atoms with van der Waals surface area (Å²) in [4.78, 5) is 16.3. The van der Waals surface area contributed by atoms with Gasteiger partial charge in [0.15, 0.2) is 0 Å². The van der Waals surface area contributed by atoms with Crippen molar-refractivity contribution in [1.29, 1.82) is 0 Å². The molecule has 1 aromatic carbocycles. The number of amides is 1. The SMILES string of the molecule is O=C(CSc1n[nH]c(/C=C/c2ccc(F)cc2)n1)NCCC1=CCCCC1. The molecule has 7 heteroatoms. The van der Waals surface area contributed by atoms with E-state index >= 15 is 0 Å². The predicted molar refractivity (Wildman–Crippen MR) is 107 cm³/mol. The second-order valence-corrected chi connectivity index (χ2v) is 7.33. The Bertz CT molecular complexity index is 814. The summed E-state index contributed by atoms with van der Waals surface area (Å²) in [6.45, 7) is 0.685. The maximum atomic E-state index is 12.9. The van der Waals surface area contributed by atoms with Gasteiger partial charge in [-0.1, -0.05) is 41.6 Å². The standard InChI is InChI=1S/C20H23FN4OS/c21-17-9-6-16(7-10-17)8-11-18-23-20(25-24-18)27-14-19(26)22-13-12-15-4-2-1-3-5-15/h4,6-11H,1-3,5,12-14H2,(H,22,26)(H,23,24,25)/b11-8+. The zero-order valence-electron chi connectivity index (χ0n) is 15.1. The molecule has 27 heavy (non-hydrogen) atoms. The zero-order chi connectivity index (χ0) is 18.9. The molecule has 1 aliphatic rings. The smallest absolute Gasteiger partial charge is 0.230 e. The van der Waals surface area contributed by atoms with Crippen LogP contribution in [0.5, 0.6) is 0 Å². The first-order valence-electron chi connectivity index (χ1n) is 9.12. The van der Waals surface area contributed by atoms with Crippen LogP contribution in [0.2, 0.25) is 0 Å². The summed E-state index contributed by atoms with van der Waals surface area (Å²) in [7, 11) is 0. The number of allylic oxidation sites excluding steroid dienone is 1. The van der Waals surface area contributed by atoms with E-state index in [0.29, 0.717) is 17.5 Å². The Kier molecular flexibility index (Phi) is 7.21. The lowest BCUT2D eigenvalue weighted by molar-refractivity contribution is -0.118. The van der Waals surface area contributed by atoms with Crippen LogP contribution in [0.1, 0.15) is 43.5 Å². The third kappa shape index (κ3) is 6.67. The average molecular weight is 386 g/mol. The average Bonchev–Trinajstić information content (AvgIpc) is 3.15. The van der Waals surface area contributed by atoms with Gasteiger partial charge in [-0.05, 0) is 55.9 Å². The van der Waals surface area contributed by atoms with Crippen LogP contribution in [0.15, 0.2) is 41.1 Å². The van der Waals surface area contributed by atoms with E-state index < -0.39 is 0 Å². The summed E-state index contributed by atoms with van der Waals surface area (Å²) in [6.07, 6.45) is 11.7. The number of hydrogen-bond acceptors (Lipinski definition) is 4. The van der Waals surface area contributed by atoms with Gasteiger partial charge in [0.05, 0.1) is 5.75 Å². The maximum absolute atomic E-state index is 12.9. The Labute approximate surface area is 162 Å². The fourth-order valence-electron chi connectivity index (χ4n) is 2.82. The monoisotopic (exact) mass is 386 g/mol. The minimum absolute atomic E-state index is 0.00962. The molecule has 0 fully saturated rings. The van der Waals surface area contributed by atoms with E-state index in [2.05, 4.69) is 26.6 Å². The van der Waals surface area contributed by atoms with Gasteiger partial charge in [-0.15, -0.1) is 5.10 Å². The predicted octanol–water partition coefficient (Wildman–Crippen LogP) is 4.21. The van der Waals surface area contributed by atoms with Gasteiger partial charge in [-0.3, -0.25) is 9.89 Å². The van der Waals surface area contributed by atoms with E-state index in [4.69, 9.17) is 0 Å². The molecule has 0 spiro atoms. The molecule has 142 valence electrons. The summed E-state index contributed by atoms with van der Waals surface area (Å²) in [5, 5.41) is 10.4. The second-order valence-electron chi connectivity index (χ2n) is 6.38. The third-order valence-electron chi connectivity index (χ3n) is 4.27. The van der Waals surface area contributed by atoms with Gasteiger partial charge < -0.3 is 5.32 Å². The normalized spacial score (nSPS) is 14.3. The van der Waals surface area contributed by atoms with Crippen LogP contribution < -0.4 is 5.32 Å². The molecule has 0 saturated heterocycles. The lowest BCUT2D eigenvalue weighted by Gasteiger charge is -2.12. The van der Waals surface area contributed by atoms with E-state index in [1.165, 1.54) is 48.7 Å². The molecule has 0 radical (unpaired) electrons.